The van der Waals surface area contributed by atoms with E-state index in [0.29, 0.717) is 28.3 Å². The van der Waals surface area contributed by atoms with Crippen molar-refractivity contribution in [2.24, 2.45) is 5.92 Å². The summed E-state index contributed by atoms with van der Waals surface area (Å²) in [6.45, 7) is 13.6. The van der Waals surface area contributed by atoms with Crippen LogP contribution in [0.15, 0.2) is 84.9 Å². The second kappa shape index (κ2) is 13.4. The average Bonchev–Trinajstić information content (AvgIpc) is 3.27. The van der Waals surface area contributed by atoms with Crippen molar-refractivity contribution in [3.05, 3.63) is 113 Å². The normalized spacial score (nSPS) is 14.9. The number of rotatable bonds is 9. The molecule has 0 aliphatic carbocycles. The van der Waals surface area contributed by atoms with Crippen LogP contribution in [0.5, 0.6) is 11.5 Å². The molecule has 238 valence electrons. The van der Waals surface area contributed by atoms with Crippen molar-refractivity contribution in [2.75, 3.05) is 45.1 Å². The van der Waals surface area contributed by atoms with Gasteiger partial charge in [0.15, 0.2) is 0 Å². The summed E-state index contributed by atoms with van der Waals surface area (Å²) in [6.07, 6.45) is 0.768. The Labute approximate surface area is 271 Å². The minimum atomic E-state index is -0.312. The lowest BCUT2D eigenvalue weighted by Gasteiger charge is -2.34. The Morgan fingerprint density at radius 3 is 2.15 bits per heavy atom. The van der Waals surface area contributed by atoms with E-state index in [9.17, 15) is 15.0 Å². The number of likely N-dealkylation sites (N-methyl/N-ethyl adjacent to an activating group) is 1. The minimum absolute atomic E-state index is 0.102. The average molecular weight is 617 g/mol. The maximum atomic E-state index is 13.0. The van der Waals surface area contributed by atoms with Gasteiger partial charge in [-0.25, -0.2) is 0 Å². The van der Waals surface area contributed by atoms with Crippen molar-refractivity contribution in [1.82, 2.24) is 14.4 Å². The first-order valence-corrected chi connectivity index (χ1v) is 16.2. The number of phenols is 2. The van der Waals surface area contributed by atoms with Crippen LogP contribution in [0.1, 0.15) is 39.7 Å². The van der Waals surface area contributed by atoms with Gasteiger partial charge in [0, 0.05) is 79.2 Å². The van der Waals surface area contributed by atoms with E-state index in [-0.39, 0.29) is 17.4 Å². The molecule has 1 aromatic heterocycles. The van der Waals surface area contributed by atoms with Crippen molar-refractivity contribution in [3.8, 4) is 22.6 Å². The lowest BCUT2D eigenvalue weighted by Crippen LogP contribution is -2.46. The highest BCUT2D eigenvalue weighted by molar-refractivity contribution is 6.04. The van der Waals surface area contributed by atoms with Crippen LogP contribution < -0.4 is 5.32 Å². The predicted molar refractivity (Wildman–Crippen MR) is 187 cm³/mol. The van der Waals surface area contributed by atoms with E-state index in [1.54, 1.807) is 0 Å². The Balaban J connectivity index is 1.11. The molecule has 1 atom stereocenters. The Morgan fingerprint density at radius 1 is 0.826 bits per heavy atom. The van der Waals surface area contributed by atoms with Crippen molar-refractivity contribution in [1.29, 1.82) is 0 Å². The standard InChI is InChI=1S/C39H44N4O3/c1-26(24-42-18-16-41(4)17-19-42)25-43-28(3)27(2)34-21-30(12-15-35(34)43)20-29-10-13-32(14-11-29)39(46)40-33-22-36(44)38(37(45)23-33)31-8-6-5-7-9-31/h5-15,21-23,26,44-45H,16-20,24-25H2,1-4H3,(H,40,46). The first-order chi connectivity index (χ1) is 22.2. The summed E-state index contributed by atoms with van der Waals surface area (Å²) in [4.78, 5) is 18.0. The number of aryl methyl sites for hydroxylation is 1. The molecule has 5 aromatic rings. The molecule has 1 unspecified atom stereocenters. The Kier molecular flexibility index (Phi) is 9.15. The highest BCUT2D eigenvalue weighted by atomic mass is 16.3. The molecule has 1 saturated heterocycles. The van der Waals surface area contributed by atoms with E-state index in [1.807, 2.05) is 54.6 Å². The monoisotopic (exact) mass is 616 g/mol. The summed E-state index contributed by atoms with van der Waals surface area (Å²) in [5, 5.41) is 25.3. The van der Waals surface area contributed by atoms with Gasteiger partial charge in [0.05, 0.1) is 5.56 Å². The fourth-order valence-electron chi connectivity index (χ4n) is 6.68. The summed E-state index contributed by atoms with van der Waals surface area (Å²) < 4.78 is 2.50. The van der Waals surface area contributed by atoms with Gasteiger partial charge in [-0.2, -0.15) is 0 Å². The zero-order valence-electron chi connectivity index (χ0n) is 27.3. The van der Waals surface area contributed by atoms with Crippen molar-refractivity contribution < 1.29 is 15.0 Å². The molecule has 0 radical (unpaired) electrons. The highest BCUT2D eigenvalue weighted by Crippen LogP contribution is 2.39. The summed E-state index contributed by atoms with van der Waals surface area (Å²) in [5.41, 5.74) is 8.17. The Morgan fingerprint density at radius 2 is 1.48 bits per heavy atom. The number of aromatic hydroxyl groups is 2. The quantitative estimate of drug-likeness (QED) is 0.165. The number of benzene rings is 4. The van der Waals surface area contributed by atoms with Crippen LogP contribution in [-0.4, -0.2) is 70.3 Å². The molecule has 1 aliphatic heterocycles. The number of anilines is 1. The molecule has 1 fully saturated rings. The molecule has 3 N–H and O–H groups in total. The fraction of sp³-hybridized carbons (Fsp3) is 0.308. The first-order valence-electron chi connectivity index (χ1n) is 16.2. The Hall–Kier alpha value is -4.59. The topological polar surface area (TPSA) is 81.0 Å². The molecule has 7 nitrogen and oxygen atoms in total. The second-order valence-electron chi connectivity index (χ2n) is 13.0. The number of hydrogen-bond donors (Lipinski definition) is 3. The predicted octanol–water partition coefficient (Wildman–Crippen LogP) is 7.06. The summed E-state index contributed by atoms with van der Waals surface area (Å²) in [5.74, 6) is 0.0515. The lowest BCUT2D eigenvalue weighted by atomic mass is 10.0. The molecule has 46 heavy (non-hydrogen) atoms. The number of nitrogens with one attached hydrogen (secondary N) is 1. The molecule has 2 heterocycles. The molecule has 0 bridgehead atoms. The first kappa shape index (κ1) is 31.4. The van der Waals surface area contributed by atoms with Crippen LogP contribution in [0, 0.1) is 19.8 Å². The maximum Gasteiger partial charge on any atom is 0.255 e. The van der Waals surface area contributed by atoms with Crippen LogP contribution in [0.3, 0.4) is 0 Å². The van der Waals surface area contributed by atoms with E-state index in [2.05, 4.69) is 65.7 Å². The number of amides is 1. The molecule has 0 saturated carbocycles. The van der Waals surface area contributed by atoms with Gasteiger partial charge in [-0.3, -0.25) is 4.79 Å². The van der Waals surface area contributed by atoms with Crippen LogP contribution in [0.2, 0.25) is 0 Å². The molecular formula is C39H44N4O3. The number of fused-ring (bicyclic) bond motifs is 1. The van der Waals surface area contributed by atoms with E-state index in [1.165, 1.54) is 39.9 Å². The van der Waals surface area contributed by atoms with Crippen LogP contribution >= 0.6 is 0 Å². The number of carbonyl (C=O) groups excluding carboxylic acids is 1. The van der Waals surface area contributed by atoms with Gasteiger partial charge in [0.25, 0.3) is 5.91 Å². The third-order valence-electron chi connectivity index (χ3n) is 9.40. The summed E-state index contributed by atoms with van der Waals surface area (Å²) >= 11 is 0. The van der Waals surface area contributed by atoms with Crippen LogP contribution in [-0.2, 0) is 13.0 Å². The number of aromatic nitrogens is 1. The van der Waals surface area contributed by atoms with Gasteiger partial charge >= 0.3 is 0 Å². The van der Waals surface area contributed by atoms with Crippen LogP contribution in [0.4, 0.5) is 5.69 Å². The molecule has 1 amide bonds. The van der Waals surface area contributed by atoms with Gasteiger partial charge in [0.2, 0.25) is 0 Å². The molecule has 0 spiro atoms. The largest absolute Gasteiger partial charge is 0.507 e. The maximum absolute atomic E-state index is 13.0. The smallest absolute Gasteiger partial charge is 0.255 e. The minimum Gasteiger partial charge on any atom is -0.507 e. The summed E-state index contributed by atoms with van der Waals surface area (Å²) in [6, 6.07) is 26.5. The van der Waals surface area contributed by atoms with Gasteiger partial charge in [0.1, 0.15) is 11.5 Å². The lowest BCUT2D eigenvalue weighted by molar-refractivity contribution is 0.102. The molecular weight excluding hydrogens is 572 g/mol. The third-order valence-corrected chi connectivity index (χ3v) is 9.40. The highest BCUT2D eigenvalue weighted by Gasteiger charge is 2.19. The number of phenolic OH excluding ortho intramolecular Hbond substituents is 2. The van der Waals surface area contributed by atoms with Gasteiger partial charge in [-0.05, 0) is 79.8 Å². The van der Waals surface area contributed by atoms with Crippen molar-refractivity contribution in [3.63, 3.8) is 0 Å². The Bertz CT molecular complexity index is 1810. The number of carbonyl (C=O) groups is 1. The fourth-order valence-corrected chi connectivity index (χ4v) is 6.68. The number of piperazine rings is 1. The SMILES string of the molecule is Cc1c(C)n(CC(C)CN2CCN(C)CC2)c2ccc(Cc3ccc(C(=O)Nc4cc(O)c(-c5ccccc5)c(O)c4)cc3)cc12. The number of hydrogen-bond acceptors (Lipinski definition) is 5. The van der Waals surface area contributed by atoms with Crippen LogP contribution in [0.25, 0.3) is 22.0 Å². The third kappa shape index (κ3) is 6.81. The van der Waals surface area contributed by atoms with E-state index in [0.717, 1.165) is 51.3 Å². The number of nitrogens with zero attached hydrogens (tertiary/aromatic N) is 3. The van der Waals surface area contributed by atoms with E-state index >= 15 is 0 Å². The molecule has 7 heteroatoms. The van der Waals surface area contributed by atoms with E-state index in [4.69, 9.17) is 0 Å². The van der Waals surface area contributed by atoms with E-state index < -0.39 is 0 Å². The van der Waals surface area contributed by atoms with Crippen molar-refractivity contribution >= 4 is 22.5 Å². The molecule has 4 aromatic carbocycles. The summed E-state index contributed by atoms with van der Waals surface area (Å²) in [7, 11) is 2.20. The van der Waals surface area contributed by atoms with Gasteiger partial charge in [-0.1, -0.05) is 55.5 Å². The molecule has 1 aliphatic rings. The molecule has 6 rings (SSSR count). The second-order valence-corrected chi connectivity index (χ2v) is 13.0. The van der Waals surface area contributed by atoms with Gasteiger partial charge < -0.3 is 29.9 Å². The zero-order valence-corrected chi connectivity index (χ0v) is 27.3. The van der Waals surface area contributed by atoms with Gasteiger partial charge in [-0.15, -0.1) is 0 Å². The van der Waals surface area contributed by atoms with Crippen molar-refractivity contribution in [2.45, 2.75) is 33.7 Å². The zero-order chi connectivity index (χ0) is 32.4.